The lowest BCUT2D eigenvalue weighted by Gasteiger charge is -2.22. The molecular weight excluding hydrogens is 220 g/mol. The van der Waals surface area contributed by atoms with Gasteiger partial charge in [0, 0.05) is 19.3 Å². The van der Waals surface area contributed by atoms with Gasteiger partial charge in [-0.25, -0.2) is 10.8 Å². The maximum Gasteiger partial charge on any atom is 0.270 e. The highest BCUT2D eigenvalue weighted by atomic mass is 16.5. The summed E-state index contributed by atoms with van der Waals surface area (Å²) >= 11 is 0. The van der Waals surface area contributed by atoms with Gasteiger partial charge in [-0.1, -0.05) is 6.07 Å². The summed E-state index contributed by atoms with van der Waals surface area (Å²) in [6, 6.07) is 5.27. The van der Waals surface area contributed by atoms with Gasteiger partial charge in [0.25, 0.3) is 5.91 Å². The molecule has 0 aliphatic carbocycles. The normalized spacial score (nSPS) is 16.5. The second kappa shape index (κ2) is 5.60. The molecule has 1 aliphatic rings. The number of hydrazine groups is 1. The fourth-order valence-corrected chi connectivity index (χ4v) is 1.74. The summed E-state index contributed by atoms with van der Waals surface area (Å²) in [5, 5.41) is 2.94. The molecule has 6 heteroatoms. The monoisotopic (exact) mass is 236 g/mol. The van der Waals surface area contributed by atoms with E-state index in [1.165, 1.54) is 0 Å². The average Bonchev–Trinajstić information content (AvgIpc) is 2.40. The highest BCUT2D eigenvalue weighted by Gasteiger charge is 2.17. The minimum absolute atomic E-state index is 0.172. The maximum atomic E-state index is 11.9. The molecule has 1 amide bonds. The second-order valence-electron chi connectivity index (χ2n) is 3.91. The van der Waals surface area contributed by atoms with E-state index in [9.17, 15) is 4.79 Å². The number of nitrogen functional groups attached to an aromatic ring is 1. The van der Waals surface area contributed by atoms with Gasteiger partial charge >= 0.3 is 0 Å². The summed E-state index contributed by atoms with van der Waals surface area (Å²) in [5.74, 6) is 5.55. The van der Waals surface area contributed by atoms with Crippen LogP contribution in [0.1, 0.15) is 23.3 Å². The van der Waals surface area contributed by atoms with Crippen LogP contribution in [0.3, 0.4) is 0 Å². The van der Waals surface area contributed by atoms with Crippen molar-refractivity contribution in [3.8, 4) is 0 Å². The third kappa shape index (κ3) is 3.15. The van der Waals surface area contributed by atoms with E-state index in [2.05, 4.69) is 15.7 Å². The summed E-state index contributed by atoms with van der Waals surface area (Å²) in [6.45, 7) is 1.39. The van der Waals surface area contributed by atoms with Gasteiger partial charge in [0.15, 0.2) is 0 Å². The van der Waals surface area contributed by atoms with Crippen LogP contribution in [0.2, 0.25) is 0 Å². The van der Waals surface area contributed by atoms with Gasteiger partial charge in [-0.2, -0.15) is 0 Å². The molecule has 1 fully saturated rings. The van der Waals surface area contributed by atoms with Crippen molar-refractivity contribution in [3.05, 3.63) is 23.9 Å². The van der Waals surface area contributed by atoms with Crippen molar-refractivity contribution < 1.29 is 9.53 Å². The van der Waals surface area contributed by atoms with Crippen molar-refractivity contribution in [1.29, 1.82) is 0 Å². The Kier molecular flexibility index (Phi) is 3.89. The van der Waals surface area contributed by atoms with E-state index in [0.29, 0.717) is 24.7 Å². The number of pyridine rings is 1. The quantitative estimate of drug-likeness (QED) is 0.518. The topological polar surface area (TPSA) is 89.3 Å². The van der Waals surface area contributed by atoms with Crippen LogP contribution in [0.4, 0.5) is 5.82 Å². The molecule has 1 aromatic rings. The number of nitrogens with two attached hydrogens (primary N) is 1. The van der Waals surface area contributed by atoms with E-state index in [-0.39, 0.29) is 11.9 Å². The van der Waals surface area contributed by atoms with E-state index in [1.807, 2.05) is 0 Å². The second-order valence-corrected chi connectivity index (χ2v) is 3.91. The van der Waals surface area contributed by atoms with Crippen molar-refractivity contribution in [1.82, 2.24) is 10.3 Å². The average molecular weight is 236 g/mol. The van der Waals surface area contributed by atoms with Crippen LogP contribution in [0.5, 0.6) is 0 Å². The maximum absolute atomic E-state index is 11.9. The molecule has 2 rings (SSSR count). The lowest BCUT2D eigenvalue weighted by molar-refractivity contribution is 0.0694. The predicted molar refractivity (Wildman–Crippen MR) is 63.4 cm³/mol. The van der Waals surface area contributed by atoms with Crippen LogP contribution in [0.25, 0.3) is 0 Å². The number of carbonyl (C=O) groups excluding carboxylic acids is 1. The number of ether oxygens (including phenoxy) is 1. The molecule has 0 spiro atoms. The van der Waals surface area contributed by atoms with E-state index in [0.717, 1.165) is 12.8 Å². The van der Waals surface area contributed by atoms with Crippen LogP contribution >= 0.6 is 0 Å². The summed E-state index contributed by atoms with van der Waals surface area (Å²) in [6.07, 6.45) is 1.70. The fraction of sp³-hybridized carbons (Fsp3) is 0.455. The summed E-state index contributed by atoms with van der Waals surface area (Å²) in [4.78, 5) is 16.0. The Balaban J connectivity index is 1.98. The first kappa shape index (κ1) is 11.8. The van der Waals surface area contributed by atoms with Crippen molar-refractivity contribution in [2.24, 2.45) is 5.84 Å². The molecule has 92 valence electrons. The van der Waals surface area contributed by atoms with Gasteiger partial charge in [-0.3, -0.25) is 4.79 Å². The number of anilines is 1. The van der Waals surface area contributed by atoms with Crippen LogP contribution in [0, 0.1) is 0 Å². The predicted octanol–water partition coefficient (Wildman–Crippen LogP) is 0.276. The van der Waals surface area contributed by atoms with Gasteiger partial charge in [-0.05, 0) is 25.0 Å². The molecule has 0 bridgehead atoms. The molecule has 0 atom stereocenters. The largest absolute Gasteiger partial charge is 0.381 e. The standard InChI is InChI=1S/C11H16N4O2/c12-15-10-3-1-2-9(14-10)11(16)13-8-4-6-17-7-5-8/h1-3,8H,4-7,12H2,(H,13,16)(H,14,15). The smallest absolute Gasteiger partial charge is 0.270 e. The Bertz CT molecular complexity index is 391. The lowest BCUT2D eigenvalue weighted by atomic mass is 10.1. The number of rotatable bonds is 3. The molecule has 0 saturated carbocycles. The number of aromatic nitrogens is 1. The molecule has 1 aliphatic heterocycles. The number of carbonyl (C=O) groups is 1. The van der Waals surface area contributed by atoms with E-state index in [4.69, 9.17) is 10.6 Å². The minimum Gasteiger partial charge on any atom is -0.381 e. The molecule has 2 heterocycles. The van der Waals surface area contributed by atoms with E-state index < -0.39 is 0 Å². The zero-order valence-corrected chi connectivity index (χ0v) is 9.48. The van der Waals surface area contributed by atoms with E-state index in [1.54, 1.807) is 18.2 Å². The molecule has 0 radical (unpaired) electrons. The van der Waals surface area contributed by atoms with Gasteiger partial charge in [-0.15, -0.1) is 0 Å². The van der Waals surface area contributed by atoms with Crippen molar-refractivity contribution >= 4 is 11.7 Å². The Labute approximate surface area is 99.5 Å². The minimum atomic E-state index is -0.172. The zero-order valence-electron chi connectivity index (χ0n) is 9.48. The number of hydrogen-bond acceptors (Lipinski definition) is 5. The van der Waals surface area contributed by atoms with Crippen LogP contribution in [-0.4, -0.2) is 30.1 Å². The Hall–Kier alpha value is -1.66. The van der Waals surface area contributed by atoms with Gasteiger partial charge in [0.1, 0.15) is 11.5 Å². The first-order valence-corrected chi connectivity index (χ1v) is 5.62. The van der Waals surface area contributed by atoms with Gasteiger partial charge < -0.3 is 15.5 Å². The first-order chi connectivity index (χ1) is 8.29. The highest BCUT2D eigenvalue weighted by molar-refractivity contribution is 5.92. The fourth-order valence-electron chi connectivity index (χ4n) is 1.74. The van der Waals surface area contributed by atoms with E-state index >= 15 is 0 Å². The molecule has 0 aromatic carbocycles. The SMILES string of the molecule is NNc1cccc(C(=O)NC2CCOCC2)n1. The number of hydrogen-bond donors (Lipinski definition) is 3. The molecule has 17 heavy (non-hydrogen) atoms. The third-order valence-corrected chi connectivity index (χ3v) is 2.69. The Morgan fingerprint density at radius 1 is 1.41 bits per heavy atom. The summed E-state index contributed by atoms with van der Waals surface area (Å²) in [7, 11) is 0. The third-order valence-electron chi connectivity index (χ3n) is 2.69. The van der Waals surface area contributed by atoms with Crippen molar-refractivity contribution in [2.75, 3.05) is 18.6 Å². The van der Waals surface area contributed by atoms with Crippen molar-refractivity contribution in [2.45, 2.75) is 18.9 Å². The highest BCUT2D eigenvalue weighted by Crippen LogP contribution is 2.08. The van der Waals surface area contributed by atoms with Crippen molar-refractivity contribution in [3.63, 3.8) is 0 Å². The van der Waals surface area contributed by atoms with Gasteiger partial charge in [0.05, 0.1) is 0 Å². The Morgan fingerprint density at radius 3 is 2.88 bits per heavy atom. The lowest BCUT2D eigenvalue weighted by Crippen LogP contribution is -2.39. The Morgan fingerprint density at radius 2 is 2.18 bits per heavy atom. The van der Waals surface area contributed by atoms with Crippen LogP contribution in [-0.2, 0) is 4.74 Å². The molecular formula is C11H16N4O2. The van der Waals surface area contributed by atoms with Gasteiger partial charge in [0.2, 0.25) is 0 Å². The first-order valence-electron chi connectivity index (χ1n) is 5.62. The summed E-state index contributed by atoms with van der Waals surface area (Å²) < 4.78 is 5.23. The molecule has 0 unspecified atom stereocenters. The zero-order chi connectivity index (χ0) is 12.1. The number of nitrogens with one attached hydrogen (secondary N) is 2. The number of amides is 1. The summed E-state index contributed by atoms with van der Waals surface area (Å²) in [5.41, 5.74) is 2.78. The molecule has 1 aromatic heterocycles. The molecule has 4 N–H and O–H groups in total. The number of nitrogens with zero attached hydrogens (tertiary/aromatic N) is 1. The van der Waals surface area contributed by atoms with Crippen LogP contribution < -0.4 is 16.6 Å². The molecule has 1 saturated heterocycles. The molecule has 6 nitrogen and oxygen atoms in total. The van der Waals surface area contributed by atoms with Crippen LogP contribution in [0.15, 0.2) is 18.2 Å².